The van der Waals surface area contributed by atoms with E-state index < -0.39 is 5.91 Å². The van der Waals surface area contributed by atoms with Gasteiger partial charge in [-0.25, -0.2) is 0 Å². The van der Waals surface area contributed by atoms with E-state index >= 15 is 0 Å². The van der Waals surface area contributed by atoms with E-state index in [-0.39, 0.29) is 27.0 Å². The van der Waals surface area contributed by atoms with Crippen molar-refractivity contribution in [2.45, 2.75) is 0 Å². The lowest BCUT2D eigenvalue weighted by Crippen LogP contribution is -2.13. The van der Waals surface area contributed by atoms with E-state index in [1.165, 1.54) is 19.2 Å². The van der Waals surface area contributed by atoms with Crippen molar-refractivity contribution in [1.29, 1.82) is 0 Å². The Labute approximate surface area is 139 Å². The second kappa shape index (κ2) is 6.56. The number of methoxy groups -OCH3 is 1. The summed E-state index contributed by atoms with van der Waals surface area (Å²) in [6.07, 6.45) is 0. The third-order valence-electron chi connectivity index (χ3n) is 2.69. The minimum atomic E-state index is -0.544. The normalized spacial score (nSPS) is 10.3. The Hall–Kier alpha value is -1.43. The molecule has 0 fully saturated rings. The predicted molar refractivity (Wildman–Crippen MR) is 86.8 cm³/mol. The average molecular weight is 391 g/mol. The Bertz CT molecular complexity index is 684. The zero-order valence-corrected chi connectivity index (χ0v) is 13.9. The van der Waals surface area contributed by atoms with Gasteiger partial charge in [0.15, 0.2) is 0 Å². The van der Waals surface area contributed by atoms with Crippen LogP contribution >= 0.6 is 39.1 Å². The highest BCUT2D eigenvalue weighted by atomic mass is 79.9. The lowest BCUT2D eigenvalue weighted by Gasteiger charge is -2.11. The van der Waals surface area contributed by atoms with E-state index in [9.17, 15) is 9.90 Å². The van der Waals surface area contributed by atoms with Gasteiger partial charge in [0.05, 0.1) is 28.4 Å². The van der Waals surface area contributed by atoms with Gasteiger partial charge in [-0.1, -0.05) is 39.1 Å². The van der Waals surface area contributed by atoms with Gasteiger partial charge in [-0.15, -0.1) is 0 Å². The summed E-state index contributed by atoms with van der Waals surface area (Å²) in [6.45, 7) is 0. The molecule has 110 valence electrons. The van der Waals surface area contributed by atoms with Gasteiger partial charge in [0.2, 0.25) is 0 Å². The molecule has 0 radical (unpaired) electrons. The molecule has 0 bridgehead atoms. The third kappa shape index (κ3) is 3.61. The maximum absolute atomic E-state index is 12.2. The molecule has 2 aromatic rings. The van der Waals surface area contributed by atoms with Crippen LogP contribution in [0.4, 0.5) is 5.69 Å². The number of amides is 1. The van der Waals surface area contributed by atoms with Crippen molar-refractivity contribution in [2.75, 3.05) is 12.4 Å². The third-order valence-corrected chi connectivity index (χ3v) is 3.75. The van der Waals surface area contributed by atoms with E-state index in [4.69, 9.17) is 27.9 Å². The zero-order valence-electron chi connectivity index (χ0n) is 10.8. The first-order valence-corrected chi connectivity index (χ1v) is 7.30. The maximum Gasteiger partial charge on any atom is 0.259 e. The lowest BCUT2D eigenvalue weighted by molar-refractivity contribution is 0.102. The molecule has 4 nitrogen and oxygen atoms in total. The van der Waals surface area contributed by atoms with Crippen LogP contribution in [0.25, 0.3) is 0 Å². The summed E-state index contributed by atoms with van der Waals surface area (Å²) in [5, 5.41) is 12.9. The summed E-state index contributed by atoms with van der Waals surface area (Å²) in [7, 11) is 1.47. The van der Waals surface area contributed by atoms with Crippen LogP contribution in [0.2, 0.25) is 10.0 Å². The molecule has 0 aliphatic heterocycles. The Morgan fingerprint density at radius 1 is 1.24 bits per heavy atom. The highest BCUT2D eigenvalue weighted by molar-refractivity contribution is 9.10. The summed E-state index contributed by atoms with van der Waals surface area (Å²) < 4.78 is 5.72. The van der Waals surface area contributed by atoms with Crippen LogP contribution in [0, 0.1) is 0 Å². The van der Waals surface area contributed by atoms with Crippen molar-refractivity contribution >= 4 is 50.7 Å². The molecule has 0 spiro atoms. The van der Waals surface area contributed by atoms with Crippen molar-refractivity contribution in [3.05, 3.63) is 50.4 Å². The van der Waals surface area contributed by atoms with Crippen LogP contribution in [0.1, 0.15) is 10.4 Å². The van der Waals surface area contributed by atoms with Gasteiger partial charge in [-0.3, -0.25) is 4.79 Å². The molecule has 2 N–H and O–H groups in total. The van der Waals surface area contributed by atoms with Crippen molar-refractivity contribution in [3.63, 3.8) is 0 Å². The number of phenolic OH excluding ortho intramolecular Hbond substituents is 1. The molecule has 0 saturated carbocycles. The molecule has 7 heteroatoms. The van der Waals surface area contributed by atoms with Crippen LogP contribution in [-0.2, 0) is 0 Å². The smallest absolute Gasteiger partial charge is 0.259 e. The summed E-state index contributed by atoms with van der Waals surface area (Å²) >= 11 is 15.3. The quantitative estimate of drug-likeness (QED) is 0.796. The molecule has 1 amide bonds. The van der Waals surface area contributed by atoms with Gasteiger partial charge in [0.1, 0.15) is 11.5 Å². The second-order valence-electron chi connectivity index (χ2n) is 4.08. The number of hydrogen-bond donors (Lipinski definition) is 2. The van der Waals surface area contributed by atoms with Crippen molar-refractivity contribution in [1.82, 2.24) is 0 Å². The first-order valence-electron chi connectivity index (χ1n) is 5.75. The number of carbonyl (C=O) groups excluding carboxylic acids is 1. The van der Waals surface area contributed by atoms with Crippen molar-refractivity contribution < 1.29 is 14.6 Å². The van der Waals surface area contributed by atoms with Gasteiger partial charge in [0.25, 0.3) is 5.91 Å². The van der Waals surface area contributed by atoms with E-state index in [2.05, 4.69) is 21.2 Å². The van der Waals surface area contributed by atoms with Crippen LogP contribution in [-0.4, -0.2) is 18.1 Å². The first kappa shape index (κ1) is 15.9. The van der Waals surface area contributed by atoms with Gasteiger partial charge >= 0.3 is 0 Å². The zero-order chi connectivity index (χ0) is 15.6. The Morgan fingerprint density at radius 2 is 1.86 bits per heavy atom. The highest BCUT2D eigenvalue weighted by Crippen LogP contribution is 2.34. The molecule has 0 aliphatic carbocycles. The molecule has 0 aliphatic rings. The van der Waals surface area contributed by atoms with Gasteiger partial charge in [0, 0.05) is 4.47 Å². The number of phenols is 1. The first-order chi connectivity index (χ1) is 9.92. The number of halogens is 3. The molecule has 0 unspecified atom stereocenters. The molecule has 0 atom stereocenters. The molecular formula is C14H10BrCl2NO3. The Morgan fingerprint density at radius 3 is 2.43 bits per heavy atom. The number of carbonyl (C=O) groups is 1. The molecule has 21 heavy (non-hydrogen) atoms. The summed E-state index contributed by atoms with van der Waals surface area (Å²) in [4.78, 5) is 12.2. The second-order valence-corrected chi connectivity index (χ2v) is 5.81. The standard InChI is InChI=1S/C14H10BrCl2NO3/c1-21-8-2-3-12(19)9(6-8)14(20)18-13-10(16)4-7(15)5-11(13)17/h2-6,19H,1H3,(H,18,20). The molecule has 0 aromatic heterocycles. The fourth-order valence-electron chi connectivity index (χ4n) is 1.67. The maximum atomic E-state index is 12.2. The van der Waals surface area contributed by atoms with E-state index in [0.717, 1.165) is 0 Å². The number of rotatable bonds is 3. The summed E-state index contributed by atoms with van der Waals surface area (Å²) in [6, 6.07) is 7.55. The van der Waals surface area contributed by atoms with Crippen LogP contribution in [0.3, 0.4) is 0 Å². The van der Waals surface area contributed by atoms with Crippen LogP contribution in [0.15, 0.2) is 34.8 Å². The molecule has 2 rings (SSSR count). The predicted octanol–water partition coefficient (Wildman–Crippen LogP) is 4.72. The summed E-state index contributed by atoms with van der Waals surface area (Å²) in [5.74, 6) is -0.263. The monoisotopic (exact) mass is 389 g/mol. The van der Waals surface area contributed by atoms with Crippen LogP contribution in [0.5, 0.6) is 11.5 Å². The number of ether oxygens (including phenoxy) is 1. The Balaban J connectivity index is 2.35. The average Bonchev–Trinajstić information content (AvgIpc) is 2.43. The lowest BCUT2D eigenvalue weighted by atomic mass is 10.1. The van der Waals surface area contributed by atoms with Gasteiger partial charge in [-0.05, 0) is 30.3 Å². The minimum Gasteiger partial charge on any atom is -0.507 e. The molecule has 0 heterocycles. The highest BCUT2D eigenvalue weighted by Gasteiger charge is 2.16. The van der Waals surface area contributed by atoms with Crippen LogP contribution < -0.4 is 10.1 Å². The number of aromatic hydroxyl groups is 1. The van der Waals surface area contributed by atoms with E-state index in [1.807, 2.05) is 0 Å². The topological polar surface area (TPSA) is 58.6 Å². The number of nitrogens with one attached hydrogen (secondary N) is 1. The van der Waals surface area contributed by atoms with Gasteiger partial charge < -0.3 is 15.2 Å². The number of hydrogen-bond acceptors (Lipinski definition) is 3. The fourth-order valence-corrected chi connectivity index (χ4v) is 2.97. The minimum absolute atomic E-state index is 0.0596. The van der Waals surface area contributed by atoms with E-state index in [1.54, 1.807) is 18.2 Å². The van der Waals surface area contributed by atoms with Crippen molar-refractivity contribution in [2.24, 2.45) is 0 Å². The summed E-state index contributed by atoms with van der Waals surface area (Å²) in [5.41, 5.74) is 0.332. The number of benzene rings is 2. The Kier molecular flexibility index (Phi) is 4.98. The largest absolute Gasteiger partial charge is 0.507 e. The van der Waals surface area contributed by atoms with E-state index in [0.29, 0.717) is 10.2 Å². The fraction of sp³-hybridized carbons (Fsp3) is 0.0714. The van der Waals surface area contributed by atoms with Gasteiger partial charge in [-0.2, -0.15) is 0 Å². The molecule has 0 saturated heterocycles. The van der Waals surface area contributed by atoms with Crippen molar-refractivity contribution in [3.8, 4) is 11.5 Å². The number of anilines is 1. The molecule has 2 aromatic carbocycles. The SMILES string of the molecule is COc1ccc(O)c(C(=O)Nc2c(Cl)cc(Br)cc2Cl)c1. The molecular weight excluding hydrogens is 381 g/mol.